The van der Waals surface area contributed by atoms with Crippen LogP contribution in [0.5, 0.6) is 0 Å². The molecule has 0 aromatic heterocycles. The maximum Gasteiger partial charge on any atom is 0.338 e. The molecule has 0 aliphatic heterocycles. The molecule has 0 N–H and O–H groups in total. The van der Waals surface area contributed by atoms with E-state index in [9.17, 15) is 9.59 Å². The molecule has 1 unspecified atom stereocenters. The number of hydrogen-bond acceptors (Lipinski definition) is 4. The number of ether oxygens (including phenoxy) is 2. The lowest BCUT2D eigenvalue weighted by atomic mass is 9.97. The summed E-state index contributed by atoms with van der Waals surface area (Å²) < 4.78 is 10.7. The van der Waals surface area contributed by atoms with Gasteiger partial charge >= 0.3 is 11.9 Å². The molecule has 4 nitrogen and oxygen atoms in total. The number of carbonyl (C=O) groups excluding carboxylic acids is 2. The first kappa shape index (κ1) is 22.2. The zero-order chi connectivity index (χ0) is 19.2. The van der Waals surface area contributed by atoms with Gasteiger partial charge in [-0.3, -0.25) is 0 Å². The Morgan fingerprint density at radius 2 is 1.35 bits per heavy atom. The summed E-state index contributed by atoms with van der Waals surface area (Å²) in [7, 11) is 0. The van der Waals surface area contributed by atoms with Crippen LogP contribution in [0.3, 0.4) is 0 Å². The van der Waals surface area contributed by atoms with Crippen LogP contribution in [0.15, 0.2) is 24.3 Å². The maximum absolute atomic E-state index is 12.2. The van der Waals surface area contributed by atoms with E-state index in [2.05, 4.69) is 13.8 Å². The fourth-order valence-corrected chi connectivity index (χ4v) is 2.81. The first-order valence-electron chi connectivity index (χ1n) is 10.1. The lowest BCUT2D eigenvalue weighted by Gasteiger charge is -2.16. The van der Waals surface area contributed by atoms with Crippen molar-refractivity contribution in [1.82, 2.24) is 0 Å². The second-order valence-electron chi connectivity index (χ2n) is 6.82. The van der Waals surface area contributed by atoms with Gasteiger partial charge in [-0.1, -0.05) is 52.9 Å². The van der Waals surface area contributed by atoms with E-state index in [0.29, 0.717) is 30.3 Å². The fraction of sp³-hybridized carbons (Fsp3) is 0.636. The van der Waals surface area contributed by atoms with Gasteiger partial charge in [-0.2, -0.15) is 0 Å². The molecule has 1 rings (SSSR count). The number of unbranched alkanes of at least 4 members (excludes halogenated alkanes) is 3. The van der Waals surface area contributed by atoms with Gasteiger partial charge < -0.3 is 9.47 Å². The van der Waals surface area contributed by atoms with Crippen molar-refractivity contribution in [3.63, 3.8) is 0 Å². The predicted molar refractivity (Wildman–Crippen MR) is 104 cm³/mol. The molecule has 0 saturated heterocycles. The van der Waals surface area contributed by atoms with Crippen molar-refractivity contribution in [2.75, 3.05) is 13.2 Å². The smallest absolute Gasteiger partial charge is 0.338 e. The Hall–Kier alpha value is -1.84. The number of hydrogen-bond donors (Lipinski definition) is 0. The summed E-state index contributed by atoms with van der Waals surface area (Å²) in [5.41, 5.74) is 0.931. The Morgan fingerprint density at radius 1 is 0.769 bits per heavy atom. The second kappa shape index (κ2) is 13.4. The number of rotatable bonds is 13. The topological polar surface area (TPSA) is 52.6 Å². The fourth-order valence-electron chi connectivity index (χ4n) is 2.81. The molecule has 0 fully saturated rings. The Bertz CT molecular complexity index is 521. The summed E-state index contributed by atoms with van der Waals surface area (Å²) in [5, 5.41) is 0. The molecule has 0 aliphatic carbocycles. The molecule has 26 heavy (non-hydrogen) atoms. The average molecular weight is 363 g/mol. The highest BCUT2D eigenvalue weighted by Gasteiger charge is 2.14. The summed E-state index contributed by atoms with van der Waals surface area (Å²) in [6.07, 6.45) is 8.74. The molecule has 0 radical (unpaired) electrons. The van der Waals surface area contributed by atoms with E-state index in [1.807, 2.05) is 6.92 Å². The van der Waals surface area contributed by atoms with Gasteiger partial charge in [0, 0.05) is 0 Å². The van der Waals surface area contributed by atoms with E-state index in [1.165, 1.54) is 19.3 Å². The van der Waals surface area contributed by atoms with Crippen molar-refractivity contribution in [2.45, 2.75) is 72.1 Å². The molecular formula is C22H34O4. The minimum absolute atomic E-state index is 0.326. The van der Waals surface area contributed by atoms with Crippen LogP contribution in [0.2, 0.25) is 0 Å². The lowest BCUT2D eigenvalue weighted by Crippen LogP contribution is -2.15. The quantitative estimate of drug-likeness (QED) is 0.329. The average Bonchev–Trinajstić information content (AvgIpc) is 2.66. The third-order valence-electron chi connectivity index (χ3n) is 4.45. The Labute approximate surface area is 158 Å². The maximum atomic E-state index is 12.2. The SMILES string of the molecule is CCCCCC(CCC)COC(=O)c1ccc(C(=O)OCCCC)cc1. The first-order chi connectivity index (χ1) is 12.6. The van der Waals surface area contributed by atoms with Crippen LogP contribution >= 0.6 is 0 Å². The molecule has 0 aliphatic rings. The second-order valence-corrected chi connectivity index (χ2v) is 6.82. The van der Waals surface area contributed by atoms with Crippen LogP contribution in [0.1, 0.15) is 92.9 Å². The molecule has 1 aromatic rings. The predicted octanol–water partition coefficient (Wildman–Crippen LogP) is 5.80. The van der Waals surface area contributed by atoms with Crippen molar-refractivity contribution in [3.8, 4) is 0 Å². The highest BCUT2D eigenvalue weighted by Crippen LogP contribution is 2.17. The van der Waals surface area contributed by atoms with Crippen LogP contribution in [0.25, 0.3) is 0 Å². The van der Waals surface area contributed by atoms with E-state index >= 15 is 0 Å². The van der Waals surface area contributed by atoms with Crippen molar-refractivity contribution >= 4 is 11.9 Å². The molecule has 0 saturated carbocycles. The third-order valence-corrected chi connectivity index (χ3v) is 4.45. The Kier molecular flexibility index (Phi) is 11.4. The van der Waals surface area contributed by atoms with Crippen LogP contribution < -0.4 is 0 Å². The number of benzene rings is 1. The molecule has 1 aromatic carbocycles. The van der Waals surface area contributed by atoms with Crippen LogP contribution in [0, 0.1) is 5.92 Å². The highest BCUT2D eigenvalue weighted by atomic mass is 16.5. The summed E-state index contributed by atoms with van der Waals surface area (Å²) in [5.74, 6) is -0.242. The standard InChI is InChI=1S/C22H34O4/c1-4-7-9-11-18(10-6-3)17-26-22(24)20-14-12-19(13-15-20)21(23)25-16-8-5-2/h12-15,18H,4-11,16-17H2,1-3H3. The van der Waals surface area contributed by atoms with Gasteiger partial charge in [-0.25, -0.2) is 9.59 Å². The van der Waals surface area contributed by atoms with Gasteiger partial charge in [0.15, 0.2) is 0 Å². The van der Waals surface area contributed by atoms with Crippen LogP contribution in [-0.2, 0) is 9.47 Å². The summed E-state index contributed by atoms with van der Waals surface area (Å²) >= 11 is 0. The lowest BCUT2D eigenvalue weighted by molar-refractivity contribution is 0.0421. The van der Waals surface area contributed by atoms with E-state index in [0.717, 1.165) is 32.1 Å². The molecule has 0 spiro atoms. The summed E-state index contributed by atoms with van der Waals surface area (Å²) in [6, 6.07) is 6.50. The Morgan fingerprint density at radius 3 is 1.88 bits per heavy atom. The molecule has 1 atom stereocenters. The van der Waals surface area contributed by atoms with E-state index in [1.54, 1.807) is 24.3 Å². The van der Waals surface area contributed by atoms with Crippen LogP contribution in [0.4, 0.5) is 0 Å². The normalized spacial score (nSPS) is 11.8. The zero-order valence-electron chi connectivity index (χ0n) is 16.6. The van der Waals surface area contributed by atoms with Gasteiger partial charge in [0.25, 0.3) is 0 Å². The summed E-state index contributed by atoms with van der Waals surface area (Å²) in [4.78, 5) is 24.1. The van der Waals surface area contributed by atoms with Crippen molar-refractivity contribution in [3.05, 3.63) is 35.4 Å². The van der Waals surface area contributed by atoms with Crippen molar-refractivity contribution in [2.24, 2.45) is 5.92 Å². The van der Waals surface area contributed by atoms with E-state index < -0.39 is 0 Å². The molecule has 0 bridgehead atoms. The molecule has 0 amide bonds. The third kappa shape index (κ3) is 8.50. The molecular weight excluding hydrogens is 328 g/mol. The minimum Gasteiger partial charge on any atom is -0.462 e. The van der Waals surface area contributed by atoms with E-state index in [4.69, 9.17) is 9.47 Å². The molecule has 146 valence electrons. The number of carbonyl (C=O) groups is 2. The van der Waals surface area contributed by atoms with E-state index in [-0.39, 0.29) is 11.9 Å². The van der Waals surface area contributed by atoms with Gasteiger partial charge in [0.1, 0.15) is 0 Å². The van der Waals surface area contributed by atoms with Crippen molar-refractivity contribution < 1.29 is 19.1 Å². The van der Waals surface area contributed by atoms with Gasteiger partial charge in [0.05, 0.1) is 24.3 Å². The summed E-state index contributed by atoms with van der Waals surface area (Å²) in [6.45, 7) is 7.29. The monoisotopic (exact) mass is 362 g/mol. The Balaban J connectivity index is 2.49. The molecule has 0 heterocycles. The number of esters is 2. The van der Waals surface area contributed by atoms with Gasteiger partial charge in [-0.15, -0.1) is 0 Å². The molecule has 4 heteroatoms. The van der Waals surface area contributed by atoms with Gasteiger partial charge in [-0.05, 0) is 49.4 Å². The van der Waals surface area contributed by atoms with Gasteiger partial charge in [0.2, 0.25) is 0 Å². The first-order valence-corrected chi connectivity index (χ1v) is 10.1. The van der Waals surface area contributed by atoms with Crippen molar-refractivity contribution in [1.29, 1.82) is 0 Å². The van der Waals surface area contributed by atoms with Crippen LogP contribution in [-0.4, -0.2) is 25.2 Å². The largest absolute Gasteiger partial charge is 0.462 e. The zero-order valence-corrected chi connectivity index (χ0v) is 16.6. The minimum atomic E-state index is -0.350. The highest BCUT2D eigenvalue weighted by molar-refractivity contribution is 5.93.